The van der Waals surface area contributed by atoms with E-state index in [4.69, 9.17) is 0 Å². The third-order valence-electron chi connectivity index (χ3n) is 2.71. The third kappa shape index (κ3) is 4.59. The van der Waals surface area contributed by atoms with Crippen LogP contribution in [0.15, 0.2) is 48.1 Å². The molecule has 0 N–H and O–H groups in total. The van der Waals surface area contributed by atoms with E-state index in [0.717, 1.165) is 12.2 Å². The summed E-state index contributed by atoms with van der Waals surface area (Å²) >= 11 is 0. The molecule has 0 aromatic heterocycles. The van der Waals surface area contributed by atoms with Gasteiger partial charge >= 0.3 is 17.9 Å². The van der Waals surface area contributed by atoms with Crippen LogP contribution in [-0.2, 0) is 28.6 Å². The number of rotatable bonds is 5. The maximum Gasteiger partial charge on any atom is 0.338 e. The van der Waals surface area contributed by atoms with E-state index in [0.29, 0.717) is 5.56 Å². The summed E-state index contributed by atoms with van der Waals surface area (Å²) in [4.78, 5) is 35.0. The minimum atomic E-state index is -0.774. The van der Waals surface area contributed by atoms with Crippen molar-refractivity contribution < 1.29 is 28.6 Å². The first-order valence-corrected chi connectivity index (χ1v) is 6.26. The van der Waals surface area contributed by atoms with Crippen molar-refractivity contribution in [1.29, 1.82) is 0 Å². The van der Waals surface area contributed by atoms with Gasteiger partial charge in [-0.05, 0) is 5.56 Å². The van der Waals surface area contributed by atoms with E-state index in [2.05, 4.69) is 14.2 Å². The first kappa shape index (κ1) is 17.2. The average Bonchev–Trinajstić information content (AvgIpc) is 2.57. The summed E-state index contributed by atoms with van der Waals surface area (Å²) in [5.74, 6) is -2.19. The van der Waals surface area contributed by atoms with Crippen molar-refractivity contribution in [2.45, 2.75) is 0 Å². The molecule has 0 aliphatic carbocycles. The molecule has 0 unspecified atom stereocenters. The molecule has 0 radical (unpaired) electrons. The van der Waals surface area contributed by atoms with E-state index in [1.54, 1.807) is 30.3 Å². The molecule has 22 heavy (non-hydrogen) atoms. The molecule has 0 amide bonds. The van der Waals surface area contributed by atoms with Crippen molar-refractivity contribution in [2.75, 3.05) is 21.3 Å². The van der Waals surface area contributed by atoms with Gasteiger partial charge in [0.2, 0.25) is 0 Å². The first-order chi connectivity index (χ1) is 10.5. The molecule has 1 aromatic rings. The van der Waals surface area contributed by atoms with Crippen LogP contribution in [0.5, 0.6) is 0 Å². The number of ether oxygens (including phenoxy) is 3. The van der Waals surface area contributed by atoms with Crippen LogP contribution in [0.1, 0.15) is 5.56 Å². The highest BCUT2D eigenvalue weighted by molar-refractivity contribution is 6.13. The Labute approximate surface area is 128 Å². The van der Waals surface area contributed by atoms with Gasteiger partial charge in [-0.25, -0.2) is 14.4 Å². The third-order valence-corrected chi connectivity index (χ3v) is 2.71. The maximum atomic E-state index is 12.0. The fraction of sp³-hybridized carbons (Fsp3) is 0.188. The number of hydrogen-bond donors (Lipinski definition) is 0. The Morgan fingerprint density at radius 3 is 1.86 bits per heavy atom. The monoisotopic (exact) mass is 304 g/mol. The molecule has 6 heteroatoms. The van der Waals surface area contributed by atoms with Crippen molar-refractivity contribution >= 4 is 23.5 Å². The average molecular weight is 304 g/mol. The Bertz CT molecular complexity index is 613. The van der Waals surface area contributed by atoms with Gasteiger partial charge in [0.05, 0.1) is 26.9 Å². The van der Waals surface area contributed by atoms with Crippen LogP contribution >= 0.6 is 0 Å². The van der Waals surface area contributed by atoms with Crippen LogP contribution in [-0.4, -0.2) is 39.2 Å². The second-order valence-electron chi connectivity index (χ2n) is 4.02. The lowest BCUT2D eigenvalue weighted by Gasteiger charge is -2.10. The van der Waals surface area contributed by atoms with Crippen molar-refractivity contribution in [3.05, 3.63) is 53.6 Å². The van der Waals surface area contributed by atoms with Gasteiger partial charge in [-0.2, -0.15) is 0 Å². The predicted molar refractivity (Wildman–Crippen MR) is 78.6 cm³/mol. The highest BCUT2D eigenvalue weighted by Crippen LogP contribution is 2.24. The van der Waals surface area contributed by atoms with Crippen molar-refractivity contribution in [3.8, 4) is 0 Å². The number of carbonyl (C=O) groups is 3. The van der Waals surface area contributed by atoms with Gasteiger partial charge in [-0.15, -0.1) is 0 Å². The summed E-state index contributed by atoms with van der Waals surface area (Å²) in [7, 11) is 3.57. The predicted octanol–water partition coefficient (Wildman–Crippen LogP) is 1.52. The zero-order chi connectivity index (χ0) is 16.5. The van der Waals surface area contributed by atoms with Crippen molar-refractivity contribution in [2.24, 2.45) is 0 Å². The Hall–Kier alpha value is -2.89. The lowest BCUT2D eigenvalue weighted by atomic mass is 9.97. The zero-order valence-corrected chi connectivity index (χ0v) is 12.5. The molecular weight excluding hydrogens is 288 g/mol. The van der Waals surface area contributed by atoms with Gasteiger partial charge in [-0.1, -0.05) is 30.3 Å². The van der Waals surface area contributed by atoms with Gasteiger partial charge in [0.25, 0.3) is 0 Å². The number of methoxy groups -OCH3 is 3. The molecule has 1 rings (SSSR count). The Balaban J connectivity index is 3.48. The molecule has 116 valence electrons. The lowest BCUT2D eigenvalue weighted by molar-refractivity contribution is -0.138. The first-order valence-electron chi connectivity index (χ1n) is 6.26. The number of carbonyl (C=O) groups excluding carboxylic acids is 3. The molecule has 0 saturated heterocycles. The Morgan fingerprint density at radius 1 is 0.818 bits per heavy atom. The Kier molecular flexibility index (Phi) is 6.56. The van der Waals surface area contributed by atoms with Crippen LogP contribution in [0, 0.1) is 0 Å². The largest absolute Gasteiger partial charge is 0.466 e. The number of hydrogen-bond acceptors (Lipinski definition) is 6. The second-order valence-corrected chi connectivity index (χ2v) is 4.02. The summed E-state index contributed by atoms with van der Waals surface area (Å²) in [6.45, 7) is 0. The molecule has 0 bridgehead atoms. The highest BCUT2D eigenvalue weighted by Gasteiger charge is 2.20. The topological polar surface area (TPSA) is 78.9 Å². The molecule has 0 spiro atoms. The lowest BCUT2D eigenvalue weighted by Crippen LogP contribution is -2.11. The minimum absolute atomic E-state index is 0.106. The fourth-order valence-corrected chi connectivity index (χ4v) is 1.64. The van der Waals surface area contributed by atoms with E-state index < -0.39 is 17.9 Å². The van der Waals surface area contributed by atoms with Gasteiger partial charge in [0.1, 0.15) is 0 Å². The number of benzene rings is 1. The summed E-state index contributed by atoms with van der Waals surface area (Å²) in [5.41, 5.74) is 0.643. The van der Waals surface area contributed by atoms with Crippen LogP contribution in [0.25, 0.3) is 5.57 Å². The normalized spacial score (nSPS) is 11.6. The van der Waals surface area contributed by atoms with E-state index in [1.165, 1.54) is 21.3 Å². The molecule has 0 saturated carbocycles. The van der Waals surface area contributed by atoms with Crippen molar-refractivity contribution in [3.63, 3.8) is 0 Å². The van der Waals surface area contributed by atoms with E-state index >= 15 is 0 Å². The molecule has 0 aliphatic heterocycles. The minimum Gasteiger partial charge on any atom is -0.466 e. The van der Waals surface area contributed by atoms with Crippen LogP contribution in [0.3, 0.4) is 0 Å². The highest BCUT2D eigenvalue weighted by atomic mass is 16.5. The standard InChI is InChI=1S/C16H16O6/c1-20-14(17)9-12(11-7-5-4-6-8-11)13(16(19)22-3)10-15(18)21-2/h4-10H,1-3H3/b12-9+,13-10-. The van der Waals surface area contributed by atoms with Crippen LogP contribution in [0.4, 0.5) is 0 Å². The van der Waals surface area contributed by atoms with Crippen molar-refractivity contribution in [1.82, 2.24) is 0 Å². The maximum absolute atomic E-state index is 12.0. The molecule has 0 atom stereocenters. The van der Waals surface area contributed by atoms with Crippen LogP contribution in [0.2, 0.25) is 0 Å². The van der Waals surface area contributed by atoms with Crippen LogP contribution < -0.4 is 0 Å². The van der Waals surface area contributed by atoms with Gasteiger partial charge in [0.15, 0.2) is 0 Å². The van der Waals surface area contributed by atoms with Gasteiger partial charge in [0, 0.05) is 17.7 Å². The fourth-order valence-electron chi connectivity index (χ4n) is 1.64. The second kappa shape index (κ2) is 8.41. The smallest absolute Gasteiger partial charge is 0.338 e. The molecule has 0 heterocycles. The quantitative estimate of drug-likeness (QED) is 0.355. The molecule has 1 aromatic carbocycles. The summed E-state index contributed by atoms with van der Waals surface area (Å²) in [5, 5.41) is 0. The Morgan fingerprint density at radius 2 is 1.36 bits per heavy atom. The van der Waals surface area contributed by atoms with E-state index in [9.17, 15) is 14.4 Å². The SMILES string of the molecule is COC(=O)/C=C(C(=O)OC)/C(=C/C(=O)OC)c1ccccc1. The summed E-state index contributed by atoms with van der Waals surface area (Å²) < 4.78 is 13.8. The van der Waals surface area contributed by atoms with E-state index in [-0.39, 0.29) is 11.1 Å². The molecular formula is C16H16O6. The van der Waals surface area contributed by atoms with Gasteiger partial charge in [-0.3, -0.25) is 0 Å². The van der Waals surface area contributed by atoms with E-state index in [1.807, 2.05) is 0 Å². The molecule has 0 fully saturated rings. The zero-order valence-electron chi connectivity index (χ0n) is 12.5. The number of esters is 3. The van der Waals surface area contributed by atoms with Gasteiger partial charge < -0.3 is 14.2 Å². The molecule has 6 nitrogen and oxygen atoms in total. The summed E-state index contributed by atoms with van der Waals surface area (Å²) in [6, 6.07) is 8.60. The summed E-state index contributed by atoms with van der Waals surface area (Å²) in [6.07, 6.45) is 2.08. The molecule has 0 aliphatic rings.